The maximum Gasteiger partial charge on any atom is 0.243 e. The van der Waals surface area contributed by atoms with Crippen LogP contribution in [0, 0.1) is 13.8 Å². The van der Waals surface area contributed by atoms with Crippen molar-refractivity contribution in [1.29, 1.82) is 0 Å². The molecular formula is C22H28N2O4S. The molecule has 1 aliphatic heterocycles. The van der Waals surface area contributed by atoms with Crippen molar-refractivity contribution in [1.82, 2.24) is 4.31 Å². The van der Waals surface area contributed by atoms with Crippen molar-refractivity contribution in [2.75, 3.05) is 19.0 Å². The van der Waals surface area contributed by atoms with Gasteiger partial charge in [-0.1, -0.05) is 30.2 Å². The van der Waals surface area contributed by atoms with Gasteiger partial charge in [0.1, 0.15) is 5.75 Å². The van der Waals surface area contributed by atoms with Gasteiger partial charge in [0.2, 0.25) is 15.9 Å². The molecule has 0 unspecified atom stereocenters. The van der Waals surface area contributed by atoms with Crippen LogP contribution in [0.1, 0.15) is 36.8 Å². The Labute approximate surface area is 172 Å². The first-order valence-corrected chi connectivity index (χ1v) is 11.3. The first kappa shape index (κ1) is 21.3. The summed E-state index contributed by atoms with van der Waals surface area (Å²) in [6, 6.07) is 12.1. The Bertz CT molecular complexity index is 971. The molecule has 1 amide bonds. The monoisotopic (exact) mass is 416 g/mol. The molecule has 1 aliphatic rings. The Morgan fingerprint density at radius 1 is 1.10 bits per heavy atom. The Hall–Kier alpha value is -2.38. The molecule has 0 spiro atoms. The minimum Gasteiger partial charge on any atom is -0.495 e. The molecule has 3 rings (SSSR count). The second-order valence-electron chi connectivity index (χ2n) is 7.53. The summed E-state index contributed by atoms with van der Waals surface area (Å²) >= 11 is 0. The third-order valence-corrected chi connectivity index (χ3v) is 7.22. The van der Waals surface area contributed by atoms with Gasteiger partial charge in [-0.2, -0.15) is 4.31 Å². The molecule has 156 valence electrons. The summed E-state index contributed by atoms with van der Waals surface area (Å²) in [6.07, 6.45) is 2.49. The SMILES string of the molecule is COc1ccc(C)cc1NC(=O)C[C@H]1CCCCN1S(=O)(=O)c1ccc(C)cc1. The van der Waals surface area contributed by atoms with E-state index in [0.29, 0.717) is 24.4 Å². The van der Waals surface area contributed by atoms with E-state index in [1.54, 1.807) is 37.4 Å². The highest BCUT2D eigenvalue weighted by Crippen LogP contribution is 2.29. The minimum absolute atomic E-state index is 0.113. The van der Waals surface area contributed by atoms with E-state index in [1.165, 1.54) is 4.31 Å². The number of carbonyl (C=O) groups is 1. The van der Waals surface area contributed by atoms with Crippen LogP contribution in [0.25, 0.3) is 0 Å². The molecular weight excluding hydrogens is 388 g/mol. The molecule has 1 atom stereocenters. The lowest BCUT2D eigenvalue weighted by Gasteiger charge is -2.34. The van der Waals surface area contributed by atoms with E-state index in [4.69, 9.17) is 4.74 Å². The zero-order chi connectivity index (χ0) is 21.0. The second-order valence-corrected chi connectivity index (χ2v) is 9.43. The second kappa shape index (κ2) is 8.97. The predicted molar refractivity (Wildman–Crippen MR) is 114 cm³/mol. The molecule has 2 aromatic rings. The number of hydrogen-bond acceptors (Lipinski definition) is 4. The zero-order valence-electron chi connectivity index (χ0n) is 17.1. The summed E-state index contributed by atoms with van der Waals surface area (Å²) in [6.45, 7) is 4.29. The Balaban J connectivity index is 1.77. The lowest BCUT2D eigenvalue weighted by atomic mass is 10.0. The van der Waals surface area contributed by atoms with Crippen LogP contribution in [0.3, 0.4) is 0 Å². The summed E-state index contributed by atoms with van der Waals surface area (Å²) in [5, 5.41) is 2.88. The van der Waals surface area contributed by atoms with E-state index in [1.807, 2.05) is 26.0 Å². The van der Waals surface area contributed by atoms with Crippen LogP contribution in [0.2, 0.25) is 0 Å². The Morgan fingerprint density at radius 3 is 2.48 bits per heavy atom. The van der Waals surface area contributed by atoms with Crippen LogP contribution in [-0.4, -0.2) is 38.3 Å². The molecule has 1 saturated heterocycles. The van der Waals surface area contributed by atoms with E-state index in [9.17, 15) is 13.2 Å². The van der Waals surface area contributed by atoms with Gasteiger partial charge in [-0.15, -0.1) is 0 Å². The van der Waals surface area contributed by atoms with Gasteiger partial charge in [-0.3, -0.25) is 4.79 Å². The molecule has 7 heteroatoms. The third-order valence-electron chi connectivity index (χ3n) is 5.25. The maximum absolute atomic E-state index is 13.2. The molecule has 0 bridgehead atoms. The number of ether oxygens (including phenoxy) is 1. The summed E-state index contributed by atoms with van der Waals surface area (Å²) in [5.41, 5.74) is 2.61. The number of nitrogens with zero attached hydrogens (tertiary/aromatic N) is 1. The fourth-order valence-electron chi connectivity index (χ4n) is 3.67. The first-order chi connectivity index (χ1) is 13.8. The van der Waals surface area contributed by atoms with Gasteiger partial charge in [-0.25, -0.2) is 8.42 Å². The third kappa shape index (κ3) is 4.97. The lowest BCUT2D eigenvalue weighted by molar-refractivity contribution is -0.117. The van der Waals surface area contributed by atoms with Crippen LogP contribution >= 0.6 is 0 Å². The molecule has 0 aromatic heterocycles. The van der Waals surface area contributed by atoms with Crippen LogP contribution in [0.15, 0.2) is 47.4 Å². The quantitative estimate of drug-likeness (QED) is 0.775. The van der Waals surface area contributed by atoms with E-state index >= 15 is 0 Å². The number of amides is 1. The Kier molecular flexibility index (Phi) is 6.59. The van der Waals surface area contributed by atoms with Gasteiger partial charge in [-0.05, 0) is 56.5 Å². The summed E-state index contributed by atoms with van der Waals surface area (Å²) in [5.74, 6) is 0.363. The van der Waals surface area contributed by atoms with Gasteiger partial charge < -0.3 is 10.1 Å². The fourth-order valence-corrected chi connectivity index (χ4v) is 5.37. The van der Waals surface area contributed by atoms with Crippen LogP contribution < -0.4 is 10.1 Å². The summed E-state index contributed by atoms with van der Waals surface area (Å²) in [7, 11) is -2.08. The number of piperidine rings is 1. The van der Waals surface area contributed by atoms with Crippen molar-refractivity contribution >= 4 is 21.6 Å². The highest BCUT2D eigenvalue weighted by atomic mass is 32.2. The molecule has 0 aliphatic carbocycles. The topological polar surface area (TPSA) is 75.7 Å². The molecule has 1 fully saturated rings. The largest absolute Gasteiger partial charge is 0.495 e. The summed E-state index contributed by atoms with van der Waals surface area (Å²) < 4.78 is 33.1. The van der Waals surface area contributed by atoms with Crippen molar-refractivity contribution in [2.45, 2.75) is 50.5 Å². The van der Waals surface area contributed by atoms with E-state index in [0.717, 1.165) is 24.0 Å². The standard InChI is InChI=1S/C22H28N2O4S/c1-16-7-10-19(11-8-16)29(26,27)24-13-5-4-6-18(24)15-22(25)23-20-14-17(2)9-12-21(20)28-3/h7-12,14,18H,4-6,13,15H2,1-3H3,(H,23,25)/t18-/m1/s1. The number of nitrogens with one attached hydrogen (secondary N) is 1. The van der Waals surface area contributed by atoms with Gasteiger partial charge in [0.15, 0.2) is 0 Å². The average molecular weight is 417 g/mol. The van der Waals surface area contributed by atoms with Crippen molar-refractivity contribution in [3.8, 4) is 5.75 Å². The van der Waals surface area contributed by atoms with E-state index < -0.39 is 10.0 Å². The number of hydrogen-bond donors (Lipinski definition) is 1. The van der Waals surface area contributed by atoms with Gasteiger partial charge in [0.05, 0.1) is 17.7 Å². The molecule has 1 heterocycles. The number of methoxy groups -OCH3 is 1. The minimum atomic E-state index is -3.64. The number of rotatable bonds is 6. The lowest BCUT2D eigenvalue weighted by Crippen LogP contribution is -2.45. The summed E-state index contributed by atoms with van der Waals surface area (Å²) in [4.78, 5) is 13.0. The molecule has 29 heavy (non-hydrogen) atoms. The smallest absolute Gasteiger partial charge is 0.243 e. The number of benzene rings is 2. The highest BCUT2D eigenvalue weighted by Gasteiger charge is 2.34. The highest BCUT2D eigenvalue weighted by molar-refractivity contribution is 7.89. The average Bonchev–Trinajstić information content (AvgIpc) is 2.69. The Morgan fingerprint density at radius 2 is 1.79 bits per heavy atom. The molecule has 0 saturated carbocycles. The van der Waals surface area contributed by atoms with E-state index in [2.05, 4.69) is 5.32 Å². The van der Waals surface area contributed by atoms with Crippen molar-refractivity contribution in [2.24, 2.45) is 0 Å². The number of aryl methyl sites for hydroxylation is 2. The van der Waals surface area contributed by atoms with Gasteiger partial charge >= 0.3 is 0 Å². The molecule has 6 nitrogen and oxygen atoms in total. The predicted octanol–water partition coefficient (Wildman–Crippen LogP) is 3.88. The molecule has 2 aromatic carbocycles. The van der Waals surface area contributed by atoms with Crippen LogP contribution in [0.5, 0.6) is 5.75 Å². The fraction of sp³-hybridized carbons (Fsp3) is 0.409. The maximum atomic E-state index is 13.2. The number of carbonyl (C=O) groups excluding carboxylic acids is 1. The normalized spacial score (nSPS) is 17.7. The van der Waals surface area contributed by atoms with Crippen molar-refractivity contribution < 1.29 is 17.9 Å². The van der Waals surface area contributed by atoms with E-state index in [-0.39, 0.29) is 23.3 Å². The van der Waals surface area contributed by atoms with Crippen molar-refractivity contribution in [3.63, 3.8) is 0 Å². The van der Waals surface area contributed by atoms with Crippen LogP contribution in [-0.2, 0) is 14.8 Å². The van der Waals surface area contributed by atoms with Crippen LogP contribution in [0.4, 0.5) is 5.69 Å². The van der Waals surface area contributed by atoms with Gasteiger partial charge in [0, 0.05) is 19.0 Å². The molecule has 1 N–H and O–H groups in total. The number of sulfonamides is 1. The zero-order valence-corrected chi connectivity index (χ0v) is 18.0. The first-order valence-electron chi connectivity index (χ1n) is 9.84. The van der Waals surface area contributed by atoms with Crippen molar-refractivity contribution in [3.05, 3.63) is 53.6 Å². The van der Waals surface area contributed by atoms with Gasteiger partial charge in [0.25, 0.3) is 0 Å². The molecule has 0 radical (unpaired) electrons. The number of anilines is 1.